The molecule has 2 amide bonds. The zero-order valence-corrected chi connectivity index (χ0v) is 17.9. The van der Waals surface area contributed by atoms with E-state index in [1.54, 1.807) is 42.5 Å². The molecule has 0 bridgehead atoms. The van der Waals surface area contributed by atoms with Gasteiger partial charge in [0.15, 0.2) is 0 Å². The number of carbonyl (C=O) groups is 2. The molecule has 1 saturated heterocycles. The average Bonchev–Trinajstić information content (AvgIpc) is 2.77. The van der Waals surface area contributed by atoms with Gasteiger partial charge in [0.05, 0.1) is 11.6 Å². The molecule has 9 nitrogen and oxygen atoms in total. The molecule has 1 aliphatic rings. The number of hydrogen-bond acceptors (Lipinski definition) is 8. The Morgan fingerprint density at radius 3 is 2.28 bits per heavy atom. The van der Waals surface area contributed by atoms with Crippen LogP contribution < -0.4 is 10.2 Å². The van der Waals surface area contributed by atoms with Crippen LogP contribution in [0.5, 0.6) is 0 Å². The summed E-state index contributed by atoms with van der Waals surface area (Å²) in [7, 11) is 0. The van der Waals surface area contributed by atoms with Crippen molar-refractivity contribution in [1.29, 1.82) is 5.26 Å². The fourth-order valence-corrected chi connectivity index (χ4v) is 3.51. The summed E-state index contributed by atoms with van der Waals surface area (Å²) in [4.78, 5) is 38.4. The molecule has 2 aromatic carbocycles. The minimum atomic E-state index is -0.585. The van der Waals surface area contributed by atoms with Gasteiger partial charge in [0.2, 0.25) is 11.9 Å². The number of nitrogens with one attached hydrogen (secondary N) is 1. The Kier molecular flexibility index (Phi) is 6.28. The van der Waals surface area contributed by atoms with Crippen LogP contribution >= 0.6 is 23.2 Å². The van der Waals surface area contributed by atoms with Gasteiger partial charge in [-0.1, -0.05) is 29.3 Å². The van der Waals surface area contributed by atoms with Crippen molar-refractivity contribution in [3.63, 3.8) is 0 Å². The summed E-state index contributed by atoms with van der Waals surface area (Å²) in [6.45, 7) is -0.525. The van der Waals surface area contributed by atoms with Crippen molar-refractivity contribution in [2.45, 2.75) is 6.42 Å². The van der Waals surface area contributed by atoms with E-state index in [2.05, 4.69) is 20.3 Å². The SMILES string of the molecule is N#Cc1ccc(Nc2nc(Cc3c(Cl)cccc3Cl)nc(N3C(=O)COCC3=O)n2)cc1. The van der Waals surface area contributed by atoms with Gasteiger partial charge in [0.25, 0.3) is 11.8 Å². The Hall–Kier alpha value is -3.58. The van der Waals surface area contributed by atoms with E-state index in [4.69, 9.17) is 33.2 Å². The van der Waals surface area contributed by atoms with Crippen molar-refractivity contribution < 1.29 is 14.3 Å². The Balaban J connectivity index is 1.74. The van der Waals surface area contributed by atoms with Crippen molar-refractivity contribution in [3.8, 4) is 6.07 Å². The molecule has 1 N–H and O–H groups in total. The van der Waals surface area contributed by atoms with Gasteiger partial charge >= 0.3 is 0 Å². The summed E-state index contributed by atoms with van der Waals surface area (Å²) < 4.78 is 4.96. The van der Waals surface area contributed by atoms with Crippen molar-refractivity contribution in [2.24, 2.45) is 0 Å². The molecule has 3 aromatic rings. The maximum Gasteiger partial charge on any atom is 0.262 e. The van der Waals surface area contributed by atoms with Crippen LogP contribution in [0.25, 0.3) is 0 Å². The standard InChI is InChI=1S/C21H14Cl2N6O3/c22-15-2-1-3-16(23)14(15)8-17-26-20(25-13-6-4-12(9-24)5-7-13)28-21(27-17)29-18(30)10-32-11-19(29)31/h1-7H,8,10-11H2,(H,25,26,27,28). The van der Waals surface area contributed by atoms with E-state index < -0.39 is 11.8 Å². The van der Waals surface area contributed by atoms with Gasteiger partial charge < -0.3 is 10.1 Å². The van der Waals surface area contributed by atoms with Crippen molar-refractivity contribution in [2.75, 3.05) is 23.4 Å². The number of benzene rings is 2. The molecule has 11 heteroatoms. The van der Waals surface area contributed by atoms with Crippen LogP contribution in [0.2, 0.25) is 10.0 Å². The Bertz CT molecular complexity index is 1210. The summed E-state index contributed by atoms with van der Waals surface area (Å²) in [5.74, 6) is -0.956. The number of nitrogens with zero attached hydrogens (tertiary/aromatic N) is 5. The van der Waals surface area contributed by atoms with Crippen LogP contribution in [-0.4, -0.2) is 40.0 Å². The molecular formula is C21H14Cl2N6O3. The first kappa shape index (κ1) is 21.6. The quantitative estimate of drug-likeness (QED) is 0.566. The van der Waals surface area contributed by atoms with E-state index in [0.717, 1.165) is 4.90 Å². The zero-order valence-electron chi connectivity index (χ0n) is 16.4. The largest absolute Gasteiger partial charge is 0.362 e. The highest BCUT2D eigenvalue weighted by Crippen LogP contribution is 2.27. The van der Waals surface area contributed by atoms with E-state index >= 15 is 0 Å². The van der Waals surface area contributed by atoms with Crippen LogP contribution in [0, 0.1) is 11.3 Å². The first-order chi connectivity index (χ1) is 15.4. The monoisotopic (exact) mass is 468 g/mol. The van der Waals surface area contributed by atoms with E-state index in [0.29, 0.717) is 26.9 Å². The molecule has 0 radical (unpaired) electrons. The first-order valence-electron chi connectivity index (χ1n) is 9.33. The number of rotatable bonds is 5. The number of anilines is 3. The molecule has 0 unspecified atom stereocenters. The second kappa shape index (κ2) is 9.28. The van der Waals surface area contributed by atoms with Crippen molar-refractivity contribution in [1.82, 2.24) is 15.0 Å². The molecule has 2 heterocycles. The molecule has 4 rings (SSSR count). The van der Waals surface area contributed by atoms with E-state index in [9.17, 15) is 9.59 Å². The van der Waals surface area contributed by atoms with Crippen LogP contribution in [0.1, 0.15) is 17.0 Å². The molecule has 0 aliphatic carbocycles. The second-order valence-electron chi connectivity index (χ2n) is 6.68. The van der Waals surface area contributed by atoms with Crippen LogP contribution in [-0.2, 0) is 20.7 Å². The summed E-state index contributed by atoms with van der Waals surface area (Å²) in [5.41, 5.74) is 1.69. The van der Waals surface area contributed by atoms with E-state index in [1.807, 2.05) is 6.07 Å². The Labute approximate surface area is 192 Å². The Morgan fingerprint density at radius 2 is 1.66 bits per heavy atom. The van der Waals surface area contributed by atoms with Gasteiger partial charge in [-0.2, -0.15) is 20.2 Å². The molecule has 0 spiro atoms. The lowest BCUT2D eigenvalue weighted by Gasteiger charge is -2.23. The number of halogens is 2. The highest BCUT2D eigenvalue weighted by molar-refractivity contribution is 6.36. The number of ether oxygens (including phenoxy) is 1. The lowest BCUT2D eigenvalue weighted by molar-refractivity contribution is -0.138. The smallest absolute Gasteiger partial charge is 0.262 e. The van der Waals surface area contributed by atoms with Gasteiger partial charge in [0, 0.05) is 22.2 Å². The highest BCUT2D eigenvalue weighted by Gasteiger charge is 2.31. The van der Waals surface area contributed by atoms with Gasteiger partial charge in [-0.15, -0.1) is 0 Å². The Morgan fingerprint density at radius 1 is 1.00 bits per heavy atom. The first-order valence-corrected chi connectivity index (χ1v) is 10.1. The molecule has 32 heavy (non-hydrogen) atoms. The van der Waals surface area contributed by atoms with Gasteiger partial charge in [0.1, 0.15) is 19.0 Å². The fourth-order valence-electron chi connectivity index (χ4n) is 2.98. The molecule has 0 saturated carbocycles. The van der Waals surface area contributed by atoms with Crippen molar-refractivity contribution in [3.05, 3.63) is 69.5 Å². The predicted molar refractivity (Wildman–Crippen MR) is 117 cm³/mol. The predicted octanol–water partition coefficient (Wildman–Crippen LogP) is 3.27. The minimum Gasteiger partial charge on any atom is -0.362 e. The molecule has 1 fully saturated rings. The second-order valence-corrected chi connectivity index (χ2v) is 7.50. The number of hydrogen-bond donors (Lipinski definition) is 1. The minimum absolute atomic E-state index is 0.102. The number of morpholine rings is 1. The van der Waals surface area contributed by atoms with Crippen LogP contribution in [0.4, 0.5) is 17.6 Å². The number of aromatic nitrogens is 3. The van der Waals surface area contributed by atoms with Crippen molar-refractivity contribution >= 4 is 52.6 Å². The highest BCUT2D eigenvalue weighted by atomic mass is 35.5. The number of amides is 2. The molecule has 0 atom stereocenters. The summed E-state index contributed by atoms with van der Waals surface area (Å²) in [5, 5.41) is 12.8. The van der Waals surface area contributed by atoms with Gasteiger partial charge in [-0.05, 0) is 42.0 Å². The van der Waals surface area contributed by atoms with E-state index in [-0.39, 0.29) is 37.4 Å². The summed E-state index contributed by atoms with van der Waals surface area (Å²) in [6.07, 6.45) is 0.142. The van der Waals surface area contributed by atoms with Crippen LogP contribution in [0.3, 0.4) is 0 Å². The third-order valence-electron chi connectivity index (χ3n) is 4.49. The van der Waals surface area contributed by atoms with Gasteiger partial charge in [-0.25, -0.2) is 4.90 Å². The fraction of sp³-hybridized carbons (Fsp3) is 0.143. The number of nitriles is 1. The van der Waals surface area contributed by atoms with E-state index in [1.165, 1.54) is 0 Å². The number of imide groups is 1. The number of carbonyl (C=O) groups excluding carboxylic acids is 2. The maximum atomic E-state index is 12.3. The summed E-state index contributed by atoms with van der Waals surface area (Å²) in [6, 6.07) is 13.8. The molecule has 1 aliphatic heterocycles. The molecular weight excluding hydrogens is 455 g/mol. The average molecular weight is 469 g/mol. The molecule has 160 valence electrons. The molecule has 1 aromatic heterocycles. The third-order valence-corrected chi connectivity index (χ3v) is 5.19. The summed E-state index contributed by atoms with van der Waals surface area (Å²) >= 11 is 12.6. The third kappa shape index (κ3) is 4.68. The van der Waals surface area contributed by atoms with Crippen LogP contribution in [0.15, 0.2) is 42.5 Å². The normalized spacial score (nSPS) is 13.7. The van der Waals surface area contributed by atoms with Gasteiger partial charge in [-0.3, -0.25) is 9.59 Å². The lowest BCUT2D eigenvalue weighted by atomic mass is 10.1. The lowest BCUT2D eigenvalue weighted by Crippen LogP contribution is -2.47. The zero-order chi connectivity index (χ0) is 22.7. The maximum absolute atomic E-state index is 12.3. The topological polar surface area (TPSA) is 121 Å².